The Bertz CT molecular complexity index is 321. The molecule has 0 amide bonds. The van der Waals surface area contributed by atoms with E-state index in [1.165, 1.54) is 20.0 Å². The number of hydrogen-bond donors (Lipinski definition) is 1. The van der Waals surface area contributed by atoms with Crippen LogP contribution in [0.2, 0.25) is 0 Å². The van der Waals surface area contributed by atoms with E-state index in [4.69, 9.17) is 4.74 Å². The van der Waals surface area contributed by atoms with Crippen LogP contribution in [-0.4, -0.2) is 40.4 Å². The first-order valence-corrected chi connectivity index (χ1v) is 7.75. The van der Waals surface area contributed by atoms with E-state index < -0.39 is 10.8 Å². The maximum absolute atomic E-state index is 12.2. The van der Waals surface area contributed by atoms with Crippen LogP contribution in [0.3, 0.4) is 0 Å². The highest BCUT2D eigenvalue weighted by molar-refractivity contribution is 7.85. The van der Waals surface area contributed by atoms with E-state index in [2.05, 4.69) is 12.2 Å². The normalized spacial score (nSPS) is 41.6. The maximum Gasteiger partial charge on any atom is 0.323 e. The third-order valence-electron chi connectivity index (χ3n) is 4.05. The summed E-state index contributed by atoms with van der Waals surface area (Å²) in [4.78, 5) is 11.5. The molecule has 1 saturated heterocycles. The molecule has 2 rings (SSSR count). The van der Waals surface area contributed by atoms with Gasteiger partial charge in [0.05, 0.1) is 12.4 Å². The van der Waals surface area contributed by atoms with Crippen molar-refractivity contribution in [3.63, 3.8) is 0 Å². The van der Waals surface area contributed by atoms with Gasteiger partial charge in [0.15, 0.2) is 0 Å². The van der Waals surface area contributed by atoms with Crippen LogP contribution in [0.15, 0.2) is 0 Å². The largest absolute Gasteiger partial charge is 0.468 e. The van der Waals surface area contributed by atoms with Gasteiger partial charge in [0, 0.05) is 22.6 Å². The Morgan fingerprint density at radius 2 is 2.24 bits per heavy atom. The molecule has 0 radical (unpaired) electrons. The van der Waals surface area contributed by atoms with Crippen LogP contribution >= 0.6 is 0 Å². The topological polar surface area (TPSA) is 55.4 Å². The van der Waals surface area contributed by atoms with Crippen LogP contribution in [0.25, 0.3) is 0 Å². The minimum atomic E-state index is -0.895. The highest BCUT2D eigenvalue weighted by Gasteiger charge is 2.41. The van der Waals surface area contributed by atoms with Crippen LogP contribution in [0.1, 0.15) is 32.6 Å². The summed E-state index contributed by atoms with van der Waals surface area (Å²) < 4.78 is 16.9. The summed E-state index contributed by atoms with van der Waals surface area (Å²) >= 11 is 0. The minimum absolute atomic E-state index is 0.231. The second-order valence-electron chi connectivity index (χ2n) is 5.02. The minimum Gasteiger partial charge on any atom is -0.468 e. The molecule has 17 heavy (non-hydrogen) atoms. The van der Waals surface area contributed by atoms with E-state index in [1.54, 1.807) is 0 Å². The van der Waals surface area contributed by atoms with E-state index >= 15 is 0 Å². The zero-order valence-electron chi connectivity index (χ0n) is 10.5. The van der Waals surface area contributed by atoms with Crippen molar-refractivity contribution < 1.29 is 13.7 Å². The molecule has 0 aromatic heterocycles. The first kappa shape index (κ1) is 13.0. The number of fused-ring (bicyclic) bond motifs is 1. The zero-order valence-corrected chi connectivity index (χ0v) is 11.3. The van der Waals surface area contributed by atoms with Gasteiger partial charge in [0.25, 0.3) is 0 Å². The van der Waals surface area contributed by atoms with E-state index in [1.807, 2.05) is 0 Å². The quantitative estimate of drug-likeness (QED) is 0.746. The van der Waals surface area contributed by atoms with Crippen LogP contribution in [-0.2, 0) is 20.3 Å². The van der Waals surface area contributed by atoms with Crippen molar-refractivity contribution in [2.24, 2.45) is 5.92 Å². The van der Waals surface area contributed by atoms with Crippen LogP contribution in [0.5, 0.6) is 0 Å². The molecule has 0 bridgehead atoms. The average Bonchev–Trinajstić information content (AvgIpc) is 2.37. The summed E-state index contributed by atoms with van der Waals surface area (Å²) in [6, 6.07) is -0.142. The first-order valence-electron chi connectivity index (χ1n) is 6.36. The van der Waals surface area contributed by atoms with Crippen molar-refractivity contribution >= 4 is 16.8 Å². The Morgan fingerprint density at radius 1 is 1.47 bits per heavy atom. The summed E-state index contributed by atoms with van der Waals surface area (Å²) in [5, 5.41) is 3.54. The lowest BCUT2D eigenvalue weighted by Gasteiger charge is -2.41. The molecule has 5 atom stereocenters. The first-order chi connectivity index (χ1) is 8.15. The summed E-state index contributed by atoms with van der Waals surface area (Å²) in [5.74, 6) is 0.829. The fourth-order valence-corrected chi connectivity index (χ4v) is 4.81. The summed E-state index contributed by atoms with van der Waals surface area (Å²) in [6.07, 6.45) is 4.41. The van der Waals surface area contributed by atoms with Gasteiger partial charge in [-0.2, -0.15) is 0 Å². The molecule has 2 fully saturated rings. The van der Waals surface area contributed by atoms with Crippen molar-refractivity contribution in [2.75, 3.05) is 12.9 Å². The van der Waals surface area contributed by atoms with Gasteiger partial charge in [-0.15, -0.1) is 0 Å². The number of carbonyl (C=O) groups is 1. The summed E-state index contributed by atoms with van der Waals surface area (Å²) in [5.41, 5.74) is 0. The molecule has 4 nitrogen and oxygen atoms in total. The van der Waals surface area contributed by atoms with Gasteiger partial charge in [-0.1, -0.05) is 13.3 Å². The molecule has 98 valence electrons. The lowest BCUT2D eigenvalue weighted by molar-refractivity contribution is -0.142. The van der Waals surface area contributed by atoms with Gasteiger partial charge in [0.2, 0.25) is 0 Å². The standard InChI is InChI=1S/C12H21NO3S/c1-3-8-4-5-9-11(6-8)17(15)7-10(13-9)12(14)16-2/h8-11,13H,3-7H2,1-2H3. The van der Waals surface area contributed by atoms with Gasteiger partial charge in [-0.3, -0.25) is 14.3 Å². The molecule has 1 heterocycles. The summed E-state index contributed by atoms with van der Waals surface area (Å²) in [6.45, 7) is 2.20. The number of carbonyl (C=O) groups excluding carboxylic acids is 1. The molecule has 1 aliphatic heterocycles. The number of rotatable bonds is 2. The Hall–Kier alpha value is -0.420. The Kier molecular flexibility index (Phi) is 4.20. The average molecular weight is 259 g/mol. The van der Waals surface area contributed by atoms with Crippen LogP contribution in [0.4, 0.5) is 0 Å². The second-order valence-corrected chi connectivity index (χ2v) is 6.72. The van der Waals surface area contributed by atoms with E-state index in [9.17, 15) is 9.00 Å². The lowest BCUT2D eigenvalue weighted by atomic mass is 9.83. The molecule has 2 aliphatic rings. The Labute approximate surface area is 105 Å². The number of esters is 1. The number of ether oxygens (including phenoxy) is 1. The highest BCUT2D eigenvalue weighted by Crippen LogP contribution is 2.32. The Morgan fingerprint density at radius 3 is 2.88 bits per heavy atom. The molecular weight excluding hydrogens is 238 g/mol. The molecule has 1 saturated carbocycles. The molecule has 0 aromatic rings. The maximum atomic E-state index is 12.2. The van der Waals surface area contributed by atoms with Gasteiger partial charge in [-0.05, 0) is 25.2 Å². The monoisotopic (exact) mass is 259 g/mol. The van der Waals surface area contributed by atoms with Crippen molar-refractivity contribution in [2.45, 2.75) is 49.9 Å². The predicted octanol–water partition coefficient (Wildman–Crippen LogP) is 0.827. The third-order valence-corrected chi connectivity index (χ3v) is 5.91. The molecule has 1 N–H and O–H groups in total. The van der Waals surface area contributed by atoms with Crippen molar-refractivity contribution in [3.8, 4) is 0 Å². The van der Waals surface area contributed by atoms with E-state index in [0.717, 1.165) is 12.8 Å². The fourth-order valence-electron chi connectivity index (χ4n) is 2.94. The number of hydrogen-bond acceptors (Lipinski definition) is 4. The second kappa shape index (κ2) is 5.48. The third kappa shape index (κ3) is 2.71. The molecule has 5 heteroatoms. The van der Waals surface area contributed by atoms with Crippen LogP contribution < -0.4 is 5.32 Å². The van der Waals surface area contributed by atoms with E-state index in [-0.39, 0.29) is 23.3 Å². The zero-order chi connectivity index (χ0) is 12.4. The number of methoxy groups -OCH3 is 1. The smallest absolute Gasteiger partial charge is 0.323 e. The molecule has 0 spiro atoms. The van der Waals surface area contributed by atoms with Gasteiger partial charge in [-0.25, -0.2) is 0 Å². The lowest BCUT2D eigenvalue weighted by Crippen LogP contribution is -2.60. The summed E-state index contributed by atoms with van der Waals surface area (Å²) in [7, 11) is 0.487. The van der Waals surface area contributed by atoms with Gasteiger partial charge in [0.1, 0.15) is 6.04 Å². The number of nitrogens with one attached hydrogen (secondary N) is 1. The van der Waals surface area contributed by atoms with Crippen molar-refractivity contribution in [3.05, 3.63) is 0 Å². The Balaban J connectivity index is 2.02. The highest BCUT2D eigenvalue weighted by atomic mass is 32.2. The van der Waals surface area contributed by atoms with Gasteiger partial charge >= 0.3 is 5.97 Å². The van der Waals surface area contributed by atoms with Crippen LogP contribution in [0, 0.1) is 5.92 Å². The molecular formula is C12H21NO3S. The van der Waals surface area contributed by atoms with Crippen molar-refractivity contribution in [1.29, 1.82) is 0 Å². The van der Waals surface area contributed by atoms with E-state index in [0.29, 0.717) is 11.7 Å². The molecule has 5 unspecified atom stereocenters. The predicted molar refractivity (Wildman–Crippen MR) is 67.2 cm³/mol. The van der Waals surface area contributed by atoms with Gasteiger partial charge < -0.3 is 4.74 Å². The molecule has 1 aliphatic carbocycles. The molecule has 0 aromatic carbocycles. The SMILES string of the molecule is CCC1CCC2NC(C(=O)OC)CS(=O)C2C1. The fraction of sp³-hybridized carbons (Fsp3) is 0.917. The van der Waals surface area contributed by atoms with Crippen molar-refractivity contribution in [1.82, 2.24) is 5.32 Å².